The quantitative estimate of drug-likeness (QED) is 0.303. The minimum atomic E-state index is -0.116. The Kier molecular flexibility index (Phi) is 14.0. The summed E-state index contributed by atoms with van der Waals surface area (Å²) in [7, 11) is 2.18. The second kappa shape index (κ2) is 16.6. The van der Waals surface area contributed by atoms with Crippen molar-refractivity contribution in [1.82, 2.24) is 10.2 Å². The zero-order valence-corrected chi connectivity index (χ0v) is 25.7. The van der Waals surface area contributed by atoms with Crippen molar-refractivity contribution in [2.24, 2.45) is 11.8 Å². The van der Waals surface area contributed by atoms with Crippen LogP contribution in [-0.2, 0) is 0 Å². The summed E-state index contributed by atoms with van der Waals surface area (Å²) in [6, 6.07) is 0. The van der Waals surface area contributed by atoms with Gasteiger partial charge in [0, 0.05) is 37.1 Å². The molecule has 0 spiro atoms. The van der Waals surface area contributed by atoms with Gasteiger partial charge in [-0.25, -0.2) is 4.39 Å². The monoisotopic (exact) mass is 522 g/mol. The summed E-state index contributed by atoms with van der Waals surface area (Å²) < 4.78 is 15.0. The van der Waals surface area contributed by atoms with Gasteiger partial charge in [0.25, 0.3) is 0 Å². The maximum Gasteiger partial charge on any atom is 0.126 e. The number of halogens is 1. The molecule has 2 heterocycles. The van der Waals surface area contributed by atoms with E-state index in [2.05, 4.69) is 89.2 Å². The Labute approximate surface area is 234 Å². The molecule has 212 valence electrons. The number of nitrogens with one attached hydrogen (secondary N) is 1. The van der Waals surface area contributed by atoms with E-state index in [1.165, 1.54) is 73.1 Å². The maximum absolute atomic E-state index is 15.0. The van der Waals surface area contributed by atoms with Gasteiger partial charge in [-0.05, 0) is 107 Å². The second-order valence-corrected chi connectivity index (χ2v) is 11.4. The van der Waals surface area contributed by atoms with E-state index in [1.54, 1.807) is 13.0 Å². The van der Waals surface area contributed by atoms with Crippen LogP contribution in [0.4, 0.5) is 4.39 Å². The van der Waals surface area contributed by atoms with Crippen molar-refractivity contribution in [3.63, 3.8) is 0 Å². The van der Waals surface area contributed by atoms with Gasteiger partial charge < -0.3 is 10.2 Å². The van der Waals surface area contributed by atoms with E-state index in [0.29, 0.717) is 11.8 Å². The van der Waals surface area contributed by atoms with Crippen LogP contribution in [0, 0.1) is 11.8 Å². The van der Waals surface area contributed by atoms with Crippen LogP contribution in [0.25, 0.3) is 0 Å². The molecule has 1 saturated heterocycles. The molecule has 0 amide bonds. The van der Waals surface area contributed by atoms with Crippen molar-refractivity contribution in [1.29, 1.82) is 0 Å². The van der Waals surface area contributed by atoms with Gasteiger partial charge in [0.1, 0.15) is 5.83 Å². The summed E-state index contributed by atoms with van der Waals surface area (Å²) in [5.74, 6) is 1.01. The zero-order valence-electron chi connectivity index (χ0n) is 25.7. The molecule has 2 fully saturated rings. The molecule has 1 atom stereocenters. The van der Waals surface area contributed by atoms with Gasteiger partial charge in [-0.2, -0.15) is 0 Å². The molecule has 0 bridgehead atoms. The van der Waals surface area contributed by atoms with Crippen molar-refractivity contribution in [3.05, 3.63) is 81.5 Å². The Hall–Kier alpha value is -2.29. The van der Waals surface area contributed by atoms with E-state index in [-0.39, 0.29) is 5.83 Å². The number of nitrogens with zero attached hydrogens (tertiary/aromatic N) is 1. The molecule has 1 saturated carbocycles. The van der Waals surface area contributed by atoms with Crippen molar-refractivity contribution >= 4 is 0 Å². The summed E-state index contributed by atoms with van der Waals surface area (Å²) in [6.45, 7) is 17.0. The maximum atomic E-state index is 15.0. The van der Waals surface area contributed by atoms with Crippen LogP contribution >= 0.6 is 0 Å². The minimum absolute atomic E-state index is 0.116. The Morgan fingerprint density at radius 2 is 1.84 bits per heavy atom. The van der Waals surface area contributed by atoms with Crippen LogP contribution in [0.2, 0.25) is 0 Å². The fourth-order valence-electron chi connectivity index (χ4n) is 5.24. The molecule has 0 aromatic rings. The Morgan fingerprint density at radius 1 is 1.11 bits per heavy atom. The molecule has 1 aliphatic carbocycles. The SMILES string of the molecule is CCCC1=CC=C(CC)NC1.C\C=C(F)/C(=C\C(=C\CC)C1CC1)C(/C=C1/C(C)CCCCN1C)=C(C)C. The summed E-state index contributed by atoms with van der Waals surface area (Å²) in [4.78, 5) is 2.37. The van der Waals surface area contributed by atoms with Gasteiger partial charge in [-0.1, -0.05) is 69.9 Å². The highest BCUT2D eigenvalue weighted by Crippen LogP contribution is 2.40. The third-order valence-electron chi connectivity index (χ3n) is 7.77. The first kappa shape index (κ1) is 31.9. The van der Waals surface area contributed by atoms with Crippen LogP contribution in [-0.4, -0.2) is 25.0 Å². The Bertz CT molecular complexity index is 963. The van der Waals surface area contributed by atoms with Crippen LogP contribution in [0.1, 0.15) is 106 Å². The zero-order chi connectivity index (χ0) is 28.1. The van der Waals surface area contributed by atoms with Crippen LogP contribution < -0.4 is 5.32 Å². The summed E-state index contributed by atoms with van der Waals surface area (Å²) in [5.41, 5.74) is 8.51. The molecule has 1 unspecified atom stereocenters. The number of hydrogen-bond acceptors (Lipinski definition) is 2. The normalized spacial score (nSPS) is 22.1. The predicted octanol–water partition coefficient (Wildman–Crippen LogP) is 10.1. The largest absolute Gasteiger partial charge is 0.385 e. The third kappa shape index (κ3) is 10.1. The Balaban J connectivity index is 0.000000384. The molecular weight excluding hydrogens is 467 g/mol. The van der Waals surface area contributed by atoms with E-state index in [1.807, 2.05) is 0 Å². The summed E-state index contributed by atoms with van der Waals surface area (Å²) >= 11 is 0. The van der Waals surface area contributed by atoms with E-state index < -0.39 is 0 Å². The van der Waals surface area contributed by atoms with Gasteiger partial charge >= 0.3 is 0 Å². The molecular formula is C35H55FN2. The first-order valence-electron chi connectivity index (χ1n) is 15.2. The van der Waals surface area contributed by atoms with Crippen LogP contribution in [0.3, 0.4) is 0 Å². The van der Waals surface area contributed by atoms with E-state index in [0.717, 1.165) is 37.1 Å². The number of dihydropyridines is 1. The smallest absolute Gasteiger partial charge is 0.126 e. The van der Waals surface area contributed by atoms with Gasteiger partial charge in [0.05, 0.1) is 0 Å². The Morgan fingerprint density at radius 3 is 2.37 bits per heavy atom. The summed E-state index contributed by atoms with van der Waals surface area (Å²) in [6.07, 6.45) is 23.5. The van der Waals surface area contributed by atoms with E-state index >= 15 is 4.39 Å². The lowest BCUT2D eigenvalue weighted by molar-refractivity contribution is 0.392. The molecule has 0 aromatic heterocycles. The van der Waals surface area contributed by atoms with Gasteiger partial charge in [-0.3, -0.25) is 0 Å². The highest BCUT2D eigenvalue weighted by Gasteiger charge is 2.26. The standard InChI is InChI=1S/C25H38FN.C10H17N/c1-7-11-21(20-13-14-20)16-23(24(26)8-2)22(18(3)4)17-25-19(5)12-9-10-15-27(25)6;1-3-5-9-6-7-10(4-2)11-8-9/h8,11,16-17,19-20H,7,9-10,12-15H2,1-6H3;6-7,11H,3-5,8H2,1-2H3/b21-11-,23-16-,24-8+,25-17-;. The molecule has 1 N–H and O–H groups in total. The molecule has 38 heavy (non-hydrogen) atoms. The van der Waals surface area contributed by atoms with Crippen LogP contribution in [0.5, 0.6) is 0 Å². The topological polar surface area (TPSA) is 15.3 Å². The highest BCUT2D eigenvalue weighted by atomic mass is 19.1. The molecule has 3 aliphatic rings. The number of rotatable bonds is 9. The first-order chi connectivity index (χ1) is 18.2. The van der Waals surface area contributed by atoms with Crippen molar-refractivity contribution in [2.45, 2.75) is 106 Å². The third-order valence-corrected chi connectivity index (χ3v) is 7.77. The molecule has 0 radical (unpaired) electrons. The average molecular weight is 523 g/mol. The van der Waals surface area contributed by atoms with Gasteiger partial charge in [-0.15, -0.1) is 0 Å². The predicted molar refractivity (Wildman–Crippen MR) is 166 cm³/mol. The first-order valence-corrected chi connectivity index (χ1v) is 15.2. The fourth-order valence-corrected chi connectivity index (χ4v) is 5.24. The molecule has 3 heteroatoms. The van der Waals surface area contributed by atoms with Gasteiger partial charge in [0.2, 0.25) is 0 Å². The van der Waals surface area contributed by atoms with Crippen LogP contribution in [0.15, 0.2) is 81.5 Å². The van der Waals surface area contributed by atoms with Crippen molar-refractivity contribution < 1.29 is 4.39 Å². The number of allylic oxidation sites excluding steroid dienone is 13. The average Bonchev–Trinajstić information content (AvgIpc) is 3.76. The lowest BCUT2D eigenvalue weighted by Crippen LogP contribution is -2.21. The van der Waals surface area contributed by atoms with E-state index in [9.17, 15) is 0 Å². The van der Waals surface area contributed by atoms with E-state index in [4.69, 9.17) is 0 Å². The summed E-state index contributed by atoms with van der Waals surface area (Å²) in [5, 5.41) is 3.40. The number of hydrogen-bond donors (Lipinski definition) is 1. The molecule has 3 rings (SSSR count). The molecule has 2 aliphatic heterocycles. The van der Waals surface area contributed by atoms with Gasteiger partial charge in [0.15, 0.2) is 0 Å². The fraction of sp³-hybridized carbons (Fsp3) is 0.600. The number of likely N-dealkylation sites (tertiary alicyclic amines) is 1. The molecule has 0 aromatic carbocycles. The molecule has 2 nitrogen and oxygen atoms in total. The lowest BCUT2D eigenvalue weighted by atomic mass is 9.92. The van der Waals surface area contributed by atoms with Crippen molar-refractivity contribution in [2.75, 3.05) is 20.1 Å². The minimum Gasteiger partial charge on any atom is -0.385 e. The highest BCUT2D eigenvalue weighted by molar-refractivity contribution is 5.55. The van der Waals surface area contributed by atoms with Crippen molar-refractivity contribution in [3.8, 4) is 0 Å². The second-order valence-electron chi connectivity index (χ2n) is 11.4. The lowest BCUT2D eigenvalue weighted by Gasteiger charge is -2.25.